The van der Waals surface area contributed by atoms with Crippen molar-refractivity contribution in [2.75, 3.05) is 18.8 Å². The van der Waals surface area contributed by atoms with E-state index in [1.807, 2.05) is 0 Å². The molecule has 1 fully saturated rings. The molecule has 0 aromatic carbocycles. The van der Waals surface area contributed by atoms with Crippen LogP contribution in [-0.4, -0.2) is 50.2 Å². The quantitative estimate of drug-likeness (QED) is 0.713. The van der Waals surface area contributed by atoms with Crippen molar-refractivity contribution >= 4 is 15.9 Å². The lowest BCUT2D eigenvalue weighted by Crippen LogP contribution is -2.51. The van der Waals surface area contributed by atoms with E-state index < -0.39 is 16.1 Å². The van der Waals surface area contributed by atoms with Crippen LogP contribution in [0.2, 0.25) is 0 Å². The van der Waals surface area contributed by atoms with Gasteiger partial charge in [0.2, 0.25) is 15.9 Å². The van der Waals surface area contributed by atoms with Gasteiger partial charge in [-0.05, 0) is 26.2 Å². The highest BCUT2D eigenvalue weighted by Gasteiger charge is 2.27. The maximum Gasteiger partial charge on any atom is 0.239 e. The smallest absolute Gasteiger partial charge is 0.239 e. The predicted octanol–water partition coefficient (Wildman–Crippen LogP) is 0.434. The average molecular weight is 305 g/mol. The van der Waals surface area contributed by atoms with Gasteiger partial charge in [0.1, 0.15) is 0 Å². The van der Waals surface area contributed by atoms with Crippen LogP contribution in [0.1, 0.15) is 46.0 Å². The van der Waals surface area contributed by atoms with Gasteiger partial charge in [0.25, 0.3) is 0 Å². The fourth-order valence-corrected chi connectivity index (χ4v) is 3.25. The highest BCUT2D eigenvalue weighted by atomic mass is 32.2. The van der Waals surface area contributed by atoms with Gasteiger partial charge in [0, 0.05) is 19.1 Å². The van der Waals surface area contributed by atoms with Gasteiger partial charge in [0.05, 0.1) is 11.8 Å². The van der Waals surface area contributed by atoms with E-state index in [9.17, 15) is 13.2 Å². The molecule has 3 N–H and O–H groups in total. The molecule has 0 radical (unpaired) electrons. The molecule has 1 rings (SSSR count). The number of nitrogens with one attached hydrogen (secondary N) is 1. The Bertz CT molecular complexity index is 403. The zero-order chi connectivity index (χ0) is 15.2. The SMILES string of the molecule is CCCCC(N)C(=O)N1CCC(NS(=O)(=O)CC)CC1. The molecule has 6 nitrogen and oxygen atoms in total. The minimum atomic E-state index is -3.16. The number of amides is 1. The van der Waals surface area contributed by atoms with Gasteiger partial charge in [-0.1, -0.05) is 19.8 Å². The van der Waals surface area contributed by atoms with Gasteiger partial charge >= 0.3 is 0 Å². The Morgan fingerprint density at radius 1 is 1.35 bits per heavy atom. The number of rotatable bonds is 7. The number of nitrogens with zero attached hydrogens (tertiary/aromatic N) is 1. The van der Waals surface area contributed by atoms with E-state index in [1.165, 1.54) is 0 Å². The zero-order valence-corrected chi connectivity index (χ0v) is 13.3. The van der Waals surface area contributed by atoms with E-state index in [0.717, 1.165) is 19.3 Å². The normalized spacial score (nSPS) is 19.1. The summed E-state index contributed by atoms with van der Waals surface area (Å²) >= 11 is 0. The van der Waals surface area contributed by atoms with E-state index in [0.29, 0.717) is 25.9 Å². The lowest BCUT2D eigenvalue weighted by molar-refractivity contribution is -0.133. The maximum atomic E-state index is 12.1. The molecule has 1 atom stereocenters. The first-order valence-corrected chi connectivity index (χ1v) is 9.09. The number of carbonyl (C=O) groups excluding carboxylic acids is 1. The average Bonchev–Trinajstić information content (AvgIpc) is 2.44. The molecule has 0 aromatic heterocycles. The van der Waals surface area contributed by atoms with Crippen LogP contribution in [0, 0.1) is 0 Å². The predicted molar refractivity (Wildman–Crippen MR) is 79.7 cm³/mol. The Morgan fingerprint density at radius 3 is 2.45 bits per heavy atom. The molecule has 1 saturated heterocycles. The van der Waals surface area contributed by atoms with Crippen molar-refractivity contribution in [2.24, 2.45) is 5.73 Å². The standard InChI is InChI=1S/C13H27N3O3S/c1-3-5-6-12(14)13(17)16-9-7-11(8-10-16)15-20(18,19)4-2/h11-12,15H,3-10,14H2,1-2H3. The number of sulfonamides is 1. The van der Waals surface area contributed by atoms with Crippen LogP contribution in [0.5, 0.6) is 0 Å². The Balaban J connectivity index is 2.40. The minimum Gasteiger partial charge on any atom is -0.341 e. The fraction of sp³-hybridized carbons (Fsp3) is 0.923. The summed E-state index contributed by atoms with van der Waals surface area (Å²) in [6.45, 7) is 4.85. The highest BCUT2D eigenvalue weighted by Crippen LogP contribution is 2.13. The molecule has 0 bridgehead atoms. The molecule has 7 heteroatoms. The number of piperidine rings is 1. The van der Waals surface area contributed by atoms with E-state index in [4.69, 9.17) is 5.73 Å². The van der Waals surface area contributed by atoms with E-state index in [2.05, 4.69) is 11.6 Å². The molecule has 1 amide bonds. The highest BCUT2D eigenvalue weighted by molar-refractivity contribution is 7.89. The minimum absolute atomic E-state index is 0.00440. The van der Waals surface area contributed by atoms with Gasteiger partial charge < -0.3 is 10.6 Å². The van der Waals surface area contributed by atoms with Crippen LogP contribution in [0.15, 0.2) is 0 Å². The summed E-state index contributed by atoms with van der Waals surface area (Å²) in [5, 5.41) is 0. The third-order valence-corrected chi connectivity index (χ3v) is 5.17. The first-order valence-electron chi connectivity index (χ1n) is 7.44. The van der Waals surface area contributed by atoms with Gasteiger partial charge in [0.15, 0.2) is 0 Å². The third kappa shape index (κ3) is 5.38. The molecule has 118 valence electrons. The number of hydrogen-bond donors (Lipinski definition) is 2. The molecule has 1 heterocycles. The number of hydrogen-bond acceptors (Lipinski definition) is 4. The second-order valence-electron chi connectivity index (χ2n) is 5.37. The molecule has 0 aromatic rings. The molecule has 0 spiro atoms. The van der Waals surface area contributed by atoms with Crippen LogP contribution in [-0.2, 0) is 14.8 Å². The first-order chi connectivity index (χ1) is 9.39. The van der Waals surface area contributed by atoms with Gasteiger partial charge in [-0.3, -0.25) is 4.79 Å². The second-order valence-corrected chi connectivity index (χ2v) is 7.41. The van der Waals surface area contributed by atoms with Crippen molar-refractivity contribution in [3.8, 4) is 0 Å². The topological polar surface area (TPSA) is 92.5 Å². The largest absolute Gasteiger partial charge is 0.341 e. The molecule has 1 aliphatic heterocycles. The summed E-state index contributed by atoms with van der Waals surface area (Å²) in [6.07, 6.45) is 4.02. The van der Waals surface area contributed by atoms with Gasteiger partial charge in [-0.25, -0.2) is 13.1 Å². The van der Waals surface area contributed by atoms with Crippen LogP contribution >= 0.6 is 0 Å². The van der Waals surface area contributed by atoms with Crippen molar-refractivity contribution in [3.05, 3.63) is 0 Å². The Hall–Kier alpha value is -0.660. The van der Waals surface area contributed by atoms with Crippen LogP contribution < -0.4 is 10.5 Å². The first kappa shape index (κ1) is 17.4. The van der Waals surface area contributed by atoms with Crippen molar-refractivity contribution in [1.82, 2.24) is 9.62 Å². The van der Waals surface area contributed by atoms with Crippen molar-refractivity contribution in [3.63, 3.8) is 0 Å². The molecule has 0 aliphatic carbocycles. The fourth-order valence-electron chi connectivity index (χ4n) is 2.34. The molecule has 1 unspecified atom stereocenters. The van der Waals surface area contributed by atoms with Crippen LogP contribution in [0.3, 0.4) is 0 Å². The third-order valence-electron chi connectivity index (χ3n) is 3.72. The van der Waals surface area contributed by atoms with Crippen molar-refractivity contribution in [1.29, 1.82) is 0 Å². The summed E-state index contributed by atoms with van der Waals surface area (Å²) < 4.78 is 25.7. The molecule has 20 heavy (non-hydrogen) atoms. The molecule has 0 saturated carbocycles. The Morgan fingerprint density at radius 2 is 1.95 bits per heavy atom. The molecule has 1 aliphatic rings. The zero-order valence-electron chi connectivity index (χ0n) is 12.5. The van der Waals surface area contributed by atoms with E-state index in [1.54, 1.807) is 11.8 Å². The van der Waals surface area contributed by atoms with Crippen molar-refractivity contribution < 1.29 is 13.2 Å². The Kier molecular flexibility index (Phi) is 6.91. The number of nitrogens with two attached hydrogens (primary N) is 1. The van der Waals surface area contributed by atoms with Crippen molar-refractivity contribution in [2.45, 2.75) is 58.0 Å². The summed E-state index contributed by atoms with van der Waals surface area (Å²) in [7, 11) is -3.16. The summed E-state index contributed by atoms with van der Waals surface area (Å²) in [4.78, 5) is 13.9. The second kappa shape index (κ2) is 7.95. The number of likely N-dealkylation sites (tertiary alicyclic amines) is 1. The monoisotopic (exact) mass is 305 g/mol. The maximum absolute atomic E-state index is 12.1. The molecular weight excluding hydrogens is 278 g/mol. The van der Waals surface area contributed by atoms with Crippen LogP contribution in [0.25, 0.3) is 0 Å². The van der Waals surface area contributed by atoms with E-state index >= 15 is 0 Å². The molecular formula is C13H27N3O3S. The lowest BCUT2D eigenvalue weighted by Gasteiger charge is -2.33. The van der Waals surface area contributed by atoms with Crippen LogP contribution in [0.4, 0.5) is 0 Å². The number of unbranched alkanes of at least 4 members (excludes halogenated alkanes) is 1. The summed E-state index contributed by atoms with van der Waals surface area (Å²) in [5.74, 6) is 0.0869. The van der Waals surface area contributed by atoms with Gasteiger partial charge in [-0.15, -0.1) is 0 Å². The number of carbonyl (C=O) groups is 1. The Labute approximate surface area is 122 Å². The summed E-state index contributed by atoms with van der Waals surface area (Å²) in [5.41, 5.74) is 5.89. The van der Waals surface area contributed by atoms with E-state index in [-0.39, 0.29) is 17.7 Å². The lowest BCUT2D eigenvalue weighted by atomic mass is 10.0. The summed E-state index contributed by atoms with van der Waals surface area (Å²) in [6, 6.07) is -0.477. The van der Waals surface area contributed by atoms with Gasteiger partial charge in [-0.2, -0.15) is 0 Å².